The van der Waals surface area contributed by atoms with Crippen molar-refractivity contribution >= 4 is 17.0 Å². The summed E-state index contributed by atoms with van der Waals surface area (Å²) in [7, 11) is 0. The van der Waals surface area contributed by atoms with Gasteiger partial charge in [-0.1, -0.05) is 0 Å². The fourth-order valence-electron chi connectivity index (χ4n) is 2.90. The number of aryl methyl sites for hydroxylation is 1. The average molecular weight is 318 g/mol. The van der Waals surface area contributed by atoms with E-state index in [1.54, 1.807) is 17.0 Å². The third-order valence-corrected chi connectivity index (χ3v) is 4.12. The van der Waals surface area contributed by atoms with Crippen LogP contribution in [0.4, 0.5) is 9.18 Å². The zero-order valence-corrected chi connectivity index (χ0v) is 13.9. The Bertz CT molecular complexity index is 711. The molecule has 1 aliphatic rings. The molecular weight excluding hydrogens is 295 g/mol. The molecule has 0 unspecified atom stereocenters. The van der Waals surface area contributed by atoms with Crippen LogP contribution in [0.3, 0.4) is 0 Å². The Balaban J connectivity index is 1.51. The number of aromatic nitrogens is 1. The third kappa shape index (κ3) is 3.66. The Morgan fingerprint density at radius 3 is 2.74 bits per heavy atom. The Labute approximate surface area is 135 Å². The molecular formula is C18H23FN2O2. The zero-order chi connectivity index (χ0) is 16.6. The van der Waals surface area contributed by atoms with E-state index in [1.807, 2.05) is 33.0 Å². The topological polar surface area (TPSA) is 34.5 Å². The maximum atomic E-state index is 13.4. The first-order valence-corrected chi connectivity index (χ1v) is 8.04. The van der Waals surface area contributed by atoms with E-state index in [2.05, 4.69) is 4.57 Å². The summed E-state index contributed by atoms with van der Waals surface area (Å²) in [4.78, 5) is 13.6. The summed E-state index contributed by atoms with van der Waals surface area (Å²) in [5.74, 6) is 0.269. The van der Waals surface area contributed by atoms with Crippen molar-refractivity contribution in [3.8, 4) is 0 Å². The summed E-state index contributed by atoms with van der Waals surface area (Å²) >= 11 is 0. The van der Waals surface area contributed by atoms with Crippen molar-refractivity contribution in [1.82, 2.24) is 9.47 Å². The van der Waals surface area contributed by atoms with Gasteiger partial charge >= 0.3 is 6.09 Å². The Kier molecular flexibility index (Phi) is 4.04. The highest BCUT2D eigenvalue weighted by atomic mass is 19.1. The minimum absolute atomic E-state index is 0.211. The molecule has 1 amide bonds. The molecule has 0 bridgehead atoms. The van der Waals surface area contributed by atoms with Crippen LogP contribution in [0.5, 0.6) is 0 Å². The predicted molar refractivity (Wildman–Crippen MR) is 87.8 cm³/mol. The lowest BCUT2D eigenvalue weighted by atomic mass is 9.97. The van der Waals surface area contributed by atoms with Gasteiger partial charge in [0.2, 0.25) is 0 Å². The van der Waals surface area contributed by atoms with Crippen LogP contribution in [0.2, 0.25) is 0 Å². The van der Waals surface area contributed by atoms with Crippen molar-refractivity contribution in [1.29, 1.82) is 0 Å². The number of likely N-dealkylation sites (tertiary alicyclic amines) is 1. The monoisotopic (exact) mass is 318 g/mol. The number of amides is 1. The van der Waals surface area contributed by atoms with E-state index < -0.39 is 5.60 Å². The standard InChI is InChI=1S/C18H23FN2O2/c1-18(2,3)23-17(22)21-11-13(12-21)6-8-20-9-7-14-4-5-15(19)10-16(14)20/h4-5,7,9-10,13H,6,8,11-12H2,1-3H3. The third-order valence-electron chi connectivity index (χ3n) is 4.12. The molecule has 23 heavy (non-hydrogen) atoms. The second-order valence-electron chi connectivity index (χ2n) is 7.25. The molecule has 0 spiro atoms. The molecule has 5 heteroatoms. The first kappa shape index (κ1) is 15.8. The number of carbonyl (C=O) groups is 1. The number of hydrogen-bond donors (Lipinski definition) is 0. The molecule has 1 aromatic carbocycles. The molecule has 1 aliphatic heterocycles. The first-order chi connectivity index (χ1) is 10.8. The second kappa shape index (κ2) is 5.87. The van der Waals surface area contributed by atoms with Gasteiger partial charge in [-0.3, -0.25) is 0 Å². The number of rotatable bonds is 3. The van der Waals surface area contributed by atoms with Crippen molar-refractivity contribution in [3.05, 3.63) is 36.3 Å². The number of halogens is 1. The lowest BCUT2D eigenvalue weighted by Gasteiger charge is -2.40. The van der Waals surface area contributed by atoms with Crippen LogP contribution in [-0.2, 0) is 11.3 Å². The smallest absolute Gasteiger partial charge is 0.410 e. The summed E-state index contributed by atoms with van der Waals surface area (Å²) in [6.07, 6.45) is 2.73. The molecule has 0 N–H and O–H groups in total. The Morgan fingerprint density at radius 1 is 1.30 bits per heavy atom. The van der Waals surface area contributed by atoms with Crippen molar-refractivity contribution in [2.45, 2.75) is 39.3 Å². The van der Waals surface area contributed by atoms with Gasteiger partial charge in [0.15, 0.2) is 0 Å². The van der Waals surface area contributed by atoms with Crippen LogP contribution in [0.25, 0.3) is 10.9 Å². The molecule has 124 valence electrons. The highest BCUT2D eigenvalue weighted by Crippen LogP contribution is 2.24. The van der Waals surface area contributed by atoms with Gasteiger partial charge in [-0.2, -0.15) is 0 Å². The van der Waals surface area contributed by atoms with Crippen LogP contribution in [0, 0.1) is 11.7 Å². The molecule has 1 aromatic heterocycles. The number of benzene rings is 1. The van der Waals surface area contributed by atoms with Gasteiger partial charge in [0, 0.05) is 25.8 Å². The van der Waals surface area contributed by atoms with E-state index in [1.165, 1.54) is 6.07 Å². The van der Waals surface area contributed by atoms with Gasteiger partial charge < -0.3 is 14.2 Å². The van der Waals surface area contributed by atoms with E-state index in [-0.39, 0.29) is 11.9 Å². The van der Waals surface area contributed by atoms with E-state index >= 15 is 0 Å². The lowest BCUT2D eigenvalue weighted by Crippen LogP contribution is -2.51. The Morgan fingerprint density at radius 2 is 2.04 bits per heavy atom. The predicted octanol–water partition coefficient (Wildman–Crippen LogP) is 4.04. The summed E-state index contributed by atoms with van der Waals surface area (Å²) in [6.45, 7) is 7.93. The van der Waals surface area contributed by atoms with Crippen molar-refractivity contribution in [2.24, 2.45) is 5.92 Å². The Hall–Kier alpha value is -2.04. The molecule has 2 heterocycles. The molecule has 0 radical (unpaired) electrons. The zero-order valence-electron chi connectivity index (χ0n) is 13.9. The minimum atomic E-state index is -0.448. The molecule has 0 aliphatic carbocycles. The lowest BCUT2D eigenvalue weighted by molar-refractivity contribution is -0.00261. The summed E-state index contributed by atoms with van der Waals surface area (Å²) in [5.41, 5.74) is 0.476. The number of carbonyl (C=O) groups excluding carboxylic acids is 1. The molecule has 1 saturated heterocycles. The van der Waals surface area contributed by atoms with Crippen LogP contribution in [0.1, 0.15) is 27.2 Å². The van der Waals surface area contributed by atoms with E-state index in [0.717, 1.165) is 37.0 Å². The molecule has 1 fully saturated rings. The fraction of sp³-hybridized carbons (Fsp3) is 0.500. The van der Waals surface area contributed by atoms with Gasteiger partial charge in [0.05, 0.1) is 5.52 Å². The summed E-state index contributed by atoms with van der Waals surface area (Å²) in [6, 6.07) is 6.86. The number of nitrogens with zero attached hydrogens (tertiary/aromatic N) is 2. The molecule has 0 atom stereocenters. The van der Waals surface area contributed by atoms with E-state index in [0.29, 0.717) is 5.92 Å². The van der Waals surface area contributed by atoms with Gasteiger partial charge in [0.1, 0.15) is 11.4 Å². The summed E-state index contributed by atoms with van der Waals surface area (Å²) < 4.78 is 20.8. The SMILES string of the molecule is CC(C)(C)OC(=O)N1CC(CCn2ccc3ccc(F)cc32)C1. The van der Waals surface area contributed by atoms with E-state index in [4.69, 9.17) is 4.74 Å². The van der Waals surface area contributed by atoms with Gasteiger partial charge in [-0.15, -0.1) is 0 Å². The number of fused-ring (bicyclic) bond motifs is 1. The first-order valence-electron chi connectivity index (χ1n) is 8.04. The second-order valence-corrected chi connectivity index (χ2v) is 7.25. The highest BCUT2D eigenvalue weighted by molar-refractivity contribution is 5.80. The van der Waals surface area contributed by atoms with Crippen molar-refractivity contribution in [3.63, 3.8) is 0 Å². The molecule has 0 saturated carbocycles. The van der Waals surface area contributed by atoms with Gasteiger partial charge in [-0.25, -0.2) is 9.18 Å². The quantitative estimate of drug-likeness (QED) is 0.856. The molecule has 4 nitrogen and oxygen atoms in total. The highest BCUT2D eigenvalue weighted by Gasteiger charge is 2.33. The molecule has 2 aromatic rings. The fourth-order valence-corrected chi connectivity index (χ4v) is 2.90. The van der Waals surface area contributed by atoms with Crippen LogP contribution < -0.4 is 0 Å². The van der Waals surface area contributed by atoms with Crippen LogP contribution in [-0.4, -0.2) is 34.3 Å². The van der Waals surface area contributed by atoms with Crippen LogP contribution >= 0.6 is 0 Å². The largest absolute Gasteiger partial charge is 0.444 e. The van der Waals surface area contributed by atoms with Crippen LogP contribution in [0.15, 0.2) is 30.5 Å². The maximum Gasteiger partial charge on any atom is 0.410 e. The summed E-state index contributed by atoms with van der Waals surface area (Å²) in [5, 5.41) is 1.05. The van der Waals surface area contributed by atoms with Crippen molar-refractivity contribution < 1.29 is 13.9 Å². The van der Waals surface area contributed by atoms with Gasteiger partial charge in [-0.05, 0) is 62.8 Å². The van der Waals surface area contributed by atoms with E-state index in [9.17, 15) is 9.18 Å². The normalized spacial score (nSPS) is 15.7. The number of ether oxygens (including phenoxy) is 1. The maximum absolute atomic E-state index is 13.4. The molecule has 3 rings (SSSR count). The van der Waals surface area contributed by atoms with Gasteiger partial charge in [0.25, 0.3) is 0 Å². The number of hydrogen-bond acceptors (Lipinski definition) is 2. The minimum Gasteiger partial charge on any atom is -0.444 e. The van der Waals surface area contributed by atoms with Crippen molar-refractivity contribution in [2.75, 3.05) is 13.1 Å². The average Bonchev–Trinajstić information content (AvgIpc) is 2.77.